The average molecular weight is 737 g/mol. The van der Waals surface area contributed by atoms with Crippen LogP contribution in [-0.2, 0) is 0 Å². The van der Waals surface area contributed by atoms with Gasteiger partial charge < -0.3 is 4.90 Å². The molecule has 12 rings (SSSR count). The number of benzene rings is 8. The Kier molecular flexibility index (Phi) is 6.64. The molecule has 0 amide bonds. The Morgan fingerprint density at radius 2 is 0.891 bits per heavy atom. The minimum Gasteiger partial charge on any atom is -0.309 e. The Balaban J connectivity index is 1.10. The maximum atomic E-state index is 5.32. The van der Waals surface area contributed by atoms with Crippen LogP contribution in [0.25, 0.3) is 96.4 Å². The van der Waals surface area contributed by atoms with Gasteiger partial charge in [-0.25, -0.2) is 15.0 Å². The standard InChI is InChI=1S/C49H28N4S2/c1-4-24-40-32(16-1)35-19-8-12-29-13-9-25-41(44(29)35)53(40)31-15-7-14-30(28-31)47-50-48(38-22-10-20-36-33-17-2-5-26-42(33)54-45(36)38)52-49(51-47)39-23-11-21-37-34-18-3-6-27-43(34)55-46(37)39/h1-28H. The van der Waals surface area contributed by atoms with Crippen LogP contribution in [0.4, 0.5) is 17.1 Å². The molecule has 8 aromatic carbocycles. The van der Waals surface area contributed by atoms with Crippen LogP contribution >= 0.6 is 22.7 Å². The molecule has 4 heterocycles. The maximum Gasteiger partial charge on any atom is 0.165 e. The average Bonchev–Trinajstić information content (AvgIpc) is 3.83. The summed E-state index contributed by atoms with van der Waals surface area (Å²) < 4.78 is 4.86. The third-order valence-corrected chi connectivity index (χ3v) is 13.3. The molecule has 1 aliphatic rings. The second kappa shape index (κ2) is 11.9. The van der Waals surface area contributed by atoms with Gasteiger partial charge in [0.1, 0.15) is 0 Å². The Morgan fingerprint density at radius 3 is 1.60 bits per heavy atom. The summed E-state index contributed by atoms with van der Waals surface area (Å²) in [5, 5.41) is 7.41. The zero-order chi connectivity index (χ0) is 36.0. The van der Waals surface area contributed by atoms with Gasteiger partial charge in [-0.1, -0.05) is 121 Å². The molecule has 0 fully saturated rings. The summed E-state index contributed by atoms with van der Waals surface area (Å²) in [6, 6.07) is 60.7. The first kappa shape index (κ1) is 30.7. The van der Waals surface area contributed by atoms with Crippen molar-refractivity contribution in [2.24, 2.45) is 0 Å². The minimum absolute atomic E-state index is 0.641. The molecule has 4 nitrogen and oxygen atoms in total. The fourth-order valence-corrected chi connectivity index (χ4v) is 10.8. The van der Waals surface area contributed by atoms with Gasteiger partial charge in [-0.3, -0.25) is 0 Å². The van der Waals surface area contributed by atoms with E-state index in [0.717, 1.165) is 33.8 Å². The smallest absolute Gasteiger partial charge is 0.165 e. The van der Waals surface area contributed by atoms with E-state index in [-0.39, 0.29) is 0 Å². The molecule has 3 aromatic heterocycles. The molecule has 256 valence electrons. The van der Waals surface area contributed by atoms with Crippen molar-refractivity contribution in [3.63, 3.8) is 0 Å². The topological polar surface area (TPSA) is 41.9 Å². The van der Waals surface area contributed by atoms with Gasteiger partial charge in [-0.2, -0.15) is 0 Å². The van der Waals surface area contributed by atoms with Crippen molar-refractivity contribution in [3.8, 4) is 45.3 Å². The van der Waals surface area contributed by atoms with Crippen molar-refractivity contribution in [1.82, 2.24) is 15.0 Å². The van der Waals surface area contributed by atoms with Crippen molar-refractivity contribution in [1.29, 1.82) is 0 Å². The first-order valence-corrected chi connectivity index (χ1v) is 20.0. The molecule has 0 bridgehead atoms. The van der Waals surface area contributed by atoms with E-state index in [9.17, 15) is 0 Å². The molecular formula is C49H28N4S2. The van der Waals surface area contributed by atoms with Crippen LogP contribution in [0.1, 0.15) is 0 Å². The monoisotopic (exact) mass is 736 g/mol. The number of thiophene rings is 2. The van der Waals surface area contributed by atoms with E-state index in [0.29, 0.717) is 17.5 Å². The highest BCUT2D eigenvalue weighted by Crippen LogP contribution is 2.51. The van der Waals surface area contributed by atoms with Crippen LogP contribution in [0.2, 0.25) is 0 Å². The van der Waals surface area contributed by atoms with E-state index in [2.05, 4.69) is 175 Å². The van der Waals surface area contributed by atoms with Gasteiger partial charge in [0.2, 0.25) is 0 Å². The highest BCUT2D eigenvalue weighted by Gasteiger charge is 2.26. The fourth-order valence-electron chi connectivity index (χ4n) is 8.41. The van der Waals surface area contributed by atoms with Gasteiger partial charge >= 0.3 is 0 Å². The normalized spacial score (nSPS) is 12.3. The van der Waals surface area contributed by atoms with Gasteiger partial charge in [0.25, 0.3) is 0 Å². The van der Waals surface area contributed by atoms with Crippen LogP contribution in [0, 0.1) is 0 Å². The number of aromatic nitrogens is 3. The number of rotatable bonds is 4. The predicted octanol–water partition coefficient (Wildman–Crippen LogP) is 14.2. The number of hydrogen-bond acceptors (Lipinski definition) is 6. The summed E-state index contributed by atoms with van der Waals surface area (Å²) in [6.45, 7) is 0. The molecule has 0 radical (unpaired) electrons. The summed E-state index contributed by atoms with van der Waals surface area (Å²) in [5.41, 5.74) is 8.78. The number of fused-ring (bicyclic) bond motifs is 8. The zero-order valence-electron chi connectivity index (χ0n) is 29.3. The van der Waals surface area contributed by atoms with Crippen molar-refractivity contribution in [2.75, 3.05) is 4.90 Å². The van der Waals surface area contributed by atoms with E-state index >= 15 is 0 Å². The third kappa shape index (κ3) is 4.65. The summed E-state index contributed by atoms with van der Waals surface area (Å²) in [4.78, 5) is 18.3. The molecule has 55 heavy (non-hydrogen) atoms. The van der Waals surface area contributed by atoms with Gasteiger partial charge in [-0.05, 0) is 59.5 Å². The van der Waals surface area contributed by atoms with E-state index in [4.69, 9.17) is 15.0 Å². The van der Waals surface area contributed by atoms with E-state index in [1.165, 1.54) is 62.2 Å². The van der Waals surface area contributed by atoms with Crippen LogP contribution < -0.4 is 4.90 Å². The summed E-state index contributed by atoms with van der Waals surface area (Å²) >= 11 is 3.59. The summed E-state index contributed by atoms with van der Waals surface area (Å²) in [6.07, 6.45) is 0. The molecule has 1 aliphatic heterocycles. The number of hydrogen-bond donors (Lipinski definition) is 0. The second-order valence-electron chi connectivity index (χ2n) is 14.0. The number of para-hydroxylation sites is 1. The lowest BCUT2D eigenvalue weighted by Crippen LogP contribution is -2.15. The molecular weight excluding hydrogens is 709 g/mol. The van der Waals surface area contributed by atoms with E-state index in [1.54, 1.807) is 22.7 Å². The van der Waals surface area contributed by atoms with Crippen molar-refractivity contribution in [2.45, 2.75) is 0 Å². The summed E-state index contributed by atoms with van der Waals surface area (Å²) in [5.74, 6) is 1.98. The Labute approximate surface area is 324 Å². The van der Waals surface area contributed by atoms with Crippen molar-refractivity contribution in [3.05, 3.63) is 170 Å². The van der Waals surface area contributed by atoms with Gasteiger partial charge in [0.15, 0.2) is 17.5 Å². The van der Waals surface area contributed by atoms with Crippen LogP contribution in [-0.4, -0.2) is 15.0 Å². The Hall–Kier alpha value is -6.73. The molecule has 0 unspecified atom stereocenters. The molecule has 0 atom stereocenters. The third-order valence-electron chi connectivity index (χ3n) is 10.8. The molecule has 6 heteroatoms. The van der Waals surface area contributed by atoms with E-state index < -0.39 is 0 Å². The largest absolute Gasteiger partial charge is 0.309 e. The lowest BCUT2D eigenvalue weighted by Gasteiger charge is -2.33. The van der Waals surface area contributed by atoms with Crippen molar-refractivity contribution < 1.29 is 0 Å². The highest BCUT2D eigenvalue weighted by molar-refractivity contribution is 7.26. The molecule has 0 saturated heterocycles. The maximum absolute atomic E-state index is 5.32. The molecule has 0 saturated carbocycles. The highest BCUT2D eigenvalue weighted by atomic mass is 32.1. The molecule has 0 aliphatic carbocycles. The molecule has 0 spiro atoms. The van der Waals surface area contributed by atoms with Gasteiger partial charge in [0, 0.05) is 73.7 Å². The summed E-state index contributed by atoms with van der Waals surface area (Å²) in [7, 11) is 0. The first-order chi connectivity index (χ1) is 27.3. The Bertz CT molecular complexity index is 3220. The fraction of sp³-hybridized carbons (Fsp3) is 0. The molecule has 0 N–H and O–H groups in total. The van der Waals surface area contributed by atoms with Gasteiger partial charge in [0.05, 0.1) is 11.4 Å². The zero-order valence-corrected chi connectivity index (χ0v) is 30.9. The van der Waals surface area contributed by atoms with Crippen LogP contribution in [0.3, 0.4) is 0 Å². The predicted molar refractivity (Wildman–Crippen MR) is 233 cm³/mol. The van der Waals surface area contributed by atoms with Crippen LogP contribution in [0.15, 0.2) is 170 Å². The lowest BCUT2D eigenvalue weighted by molar-refractivity contribution is 1.08. The number of nitrogens with zero attached hydrogens (tertiary/aromatic N) is 4. The minimum atomic E-state index is 0.641. The van der Waals surface area contributed by atoms with E-state index in [1.807, 2.05) is 0 Å². The number of anilines is 3. The first-order valence-electron chi connectivity index (χ1n) is 18.4. The van der Waals surface area contributed by atoms with Crippen molar-refractivity contribution >= 4 is 90.9 Å². The van der Waals surface area contributed by atoms with Crippen LogP contribution in [0.5, 0.6) is 0 Å². The SMILES string of the molecule is c1cc(-c2nc(-c3cccc4c3sc3ccccc34)nc(-c3cccc4c3sc3ccccc34)n2)cc(N2c3ccccc3-c3cccc4cccc2c34)c1. The Morgan fingerprint density at radius 1 is 0.382 bits per heavy atom. The molecule has 11 aromatic rings. The second-order valence-corrected chi connectivity index (χ2v) is 16.1. The van der Waals surface area contributed by atoms with Gasteiger partial charge in [-0.15, -0.1) is 22.7 Å². The lowest BCUT2D eigenvalue weighted by atomic mass is 9.91. The quantitative estimate of drug-likeness (QED) is 0.180.